The number of nitrogens with zero attached hydrogens (tertiary/aromatic N) is 4. The summed E-state index contributed by atoms with van der Waals surface area (Å²) in [7, 11) is 1.95. The Kier molecular flexibility index (Phi) is 3.86. The highest BCUT2D eigenvalue weighted by atomic mass is 16.1. The van der Waals surface area contributed by atoms with Gasteiger partial charge in [0.25, 0.3) is 5.91 Å². The Bertz CT molecular complexity index is 1020. The molecule has 1 N–H and O–H groups in total. The number of fused-ring (bicyclic) bond motifs is 3. The van der Waals surface area contributed by atoms with Gasteiger partial charge in [-0.05, 0) is 28.0 Å². The lowest BCUT2D eigenvalue weighted by molar-refractivity contribution is 0.0965. The number of nitrogens with one attached hydrogen (secondary N) is 1. The van der Waals surface area contributed by atoms with Crippen molar-refractivity contribution in [3.63, 3.8) is 0 Å². The summed E-state index contributed by atoms with van der Waals surface area (Å²) in [6, 6.07) is 10.6. The average molecular weight is 361 g/mol. The fraction of sp³-hybridized carbons (Fsp3) is 0.333. The van der Waals surface area contributed by atoms with Gasteiger partial charge in [0, 0.05) is 58.1 Å². The van der Waals surface area contributed by atoms with E-state index in [1.54, 1.807) is 0 Å². The third-order valence-electron chi connectivity index (χ3n) is 5.73. The molecular weight excluding hydrogens is 338 g/mol. The molecule has 1 fully saturated rings. The first kappa shape index (κ1) is 16.3. The number of benzene rings is 2. The Morgan fingerprint density at radius 2 is 1.89 bits per heavy atom. The lowest BCUT2D eigenvalue weighted by atomic mass is 9.95. The van der Waals surface area contributed by atoms with E-state index < -0.39 is 0 Å². The van der Waals surface area contributed by atoms with E-state index in [0.29, 0.717) is 6.54 Å². The minimum absolute atomic E-state index is 0.0541. The smallest absolute Gasteiger partial charge is 0.251 e. The van der Waals surface area contributed by atoms with Crippen molar-refractivity contribution in [2.45, 2.75) is 13.1 Å². The second kappa shape index (κ2) is 6.39. The molecule has 138 valence electrons. The van der Waals surface area contributed by atoms with Crippen LogP contribution in [0.5, 0.6) is 0 Å². The van der Waals surface area contributed by atoms with E-state index in [4.69, 9.17) is 0 Å². The highest BCUT2D eigenvalue weighted by molar-refractivity contribution is 6.05. The molecule has 27 heavy (non-hydrogen) atoms. The molecule has 3 heterocycles. The third-order valence-corrected chi connectivity index (χ3v) is 5.73. The molecule has 2 aliphatic heterocycles. The molecule has 0 aliphatic carbocycles. The number of piperazine rings is 1. The maximum Gasteiger partial charge on any atom is 0.251 e. The first-order valence-electron chi connectivity index (χ1n) is 9.47. The maximum atomic E-state index is 12.2. The summed E-state index contributed by atoms with van der Waals surface area (Å²) in [5, 5.41) is 9.72. The van der Waals surface area contributed by atoms with Gasteiger partial charge in [0.1, 0.15) is 0 Å². The molecular formula is C21H23N5O. The van der Waals surface area contributed by atoms with Gasteiger partial charge in [-0.1, -0.05) is 24.3 Å². The molecule has 0 atom stereocenters. The average Bonchev–Trinajstić information content (AvgIpc) is 3.29. The third kappa shape index (κ3) is 2.86. The normalized spacial score (nSPS) is 17.4. The Labute approximate surface area is 158 Å². The molecule has 1 aromatic heterocycles. The molecule has 0 spiro atoms. The van der Waals surface area contributed by atoms with E-state index >= 15 is 0 Å². The molecule has 6 heteroatoms. The standard InChI is InChI=1S/C21H23N5O/c1-24-14-16(11-23-24)26-8-6-25(7-9-26)13-15-10-19-20(12-22-21(19)27)18-5-3-2-4-17(15)18/h2-5,10-11,14H,6-9,12-13H2,1H3,(H,22,27). The Morgan fingerprint density at radius 3 is 2.63 bits per heavy atom. The first-order chi connectivity index (χ1) is 13.2. The molecule has 0 radical (unpaired) electrons. The molecule has 1 saturated heterocycles. The van der Waals surface area contributed by atoms with Gasteiger partial charge < -0.3 is 10.2 Å². The largest absolute Gasteiger partial charge is 0.366 e. The molecule has 1 amide bonds. The van der Waals surface area contributed by atoms with Gasteiger partial charge in [-0.3, -0.25) is 14.4 Å². The SMILES string of the molecule is Cn1cc(N2CCN(Cc3cc4c(c5ccccc35)CNC4=O)CC2)cn1. The van der Waals surface area contributed by atoms with Crippen LogP contribution in [0.1, 0.15) is 21.5 Å². The molecule has 6 nitrogen and oxygen atoms in total. The van der Waals surface area contributed by atoms with Crippen LogP contribution in [0.2, 0.25) is 0 Å². The zero-order chi connectivity index (χ0) is 18.4. The summed E-state index contributed by atoms with van der Waals surface area (Å²) in [5.41, 5.74) is 4.42. The molecule has 0 bridgehead atoms. The van der Waals surface area contributed by atoms with Gasteiger partial charge in [-0.25, -0.2) is 0 Å². The second-order valence-corrected chi connectivity index (χ2v) is 7.43. The van der Waals surface area contributed by atoms with Crippen molar-refractivity contribution in [3.05, 3.63) is 59.4 Å². The van der Waals surface area contributed by atoms with E-state index in [2.05, 4.69) is 56.7 Å². The first-order valence-corrected chi connectivity index (χ1v) is 9.47. The van der Waals surface area contributed by atoms with Gasteiger partial charge in [0.2, 0.25) is 0 Å². The topological polar surface area (TPSA) is 53.4 Å². The molecule has 5 rings (SSSR count). The van der Waals surface area contributed by atoms with Gasteiger partial charge in [0.15, 0.2) is 0 Å². The van der Waals surface area contributed by atoms with E-state index in [-0.39, 0.29) is 5.91 Å². The summed E-state index contributed by atoms with van der Waals surface area (Å²) in [5.74, 6) is 0.0541. The predicted molar refractivity (Wildman–Crippen MR) is 106 cm³/mol. The Morgan fingerprint density at radius 1 is 1.11 bits per heavy atom. The van der Waals surface area contributed by atoms with Crippen molar-refractivity contribution >= 4 is 22.4 Å². The van der Waals surface area contributed by atoms with Gasteiger partial charge in [-0.15, -0.1) is 0 Å². The summed E-state index contributed by atoms with van der Waals surface area (Å²) >= 11 is 0. The van der Waals surface area contributed by atoms with Crippen LogP contribution < -0.4 is 10.2 Å². The maximum absolute atomic E-state index is 12.2. The number of carbonyl (C=O) groups is 1. The highest BCUT2D eigenvalue weighted by Gasteiger charge is 2.24. The Hall–Kier alpha value is -2.86. The summed E-state index contributed by atoms with van der Waals surface area (Å²) in [6.45, 7) is 5.52. The van der Waals surface area contributed by atoms with Crippen LogP contribution in [0.4, 0.5) is 5.69 Å². The number of rotatable bonds is 3. The molecule has 0 unspecified atom stereocenters. The van der Waals surface area contributed by atoms with Gasteiger partial charge in [0.05, 0.1) is 11.9 Å². The molecule has 3 aromatic rings. The van der Waals surface area contributed by atoms with Gasteiger partial charge >= 0.3 is 0 Å². The Balaban J connectivity index is 1.38. The predicted octanol–water partition coefficient (Wildman–Crippen LogP) is 2.14. The molecule has 2 aliphatic rings. The van der Waals surface area contributed by atoms with Crippen molar-refractivity contribution in [1.82, 2.24) is 20.0 Å². The van der Waals surface area contributed by atoms with Crippen LogP contribution in [0.15, 0.2) is 42.7 Å². The van der Waals surface area contributed by atoms with Crippen molar-refractivity contribution in [2.75, 3.05) is 31.1 Å². The quantitative estimate of drug-likeness (QED) is 0.777. The fourth-order valence-corrected chi connectivity index (χ4v) is 4.27. The number of anilines is 1. The van der Waals surface area contributed by atoms with Crippen molar-refractivity contribution in [1.29, 1.82) is 0 Å². The van der Waals surface area contributed by atoms with Crippen LogP contribution in [-0.2, 0) is 20.1 Å². The minimum Gasteiger partial charge on any atom is -0.366 e. The molecule has 0 saturated carbocycles. The minimum atomic E-state index is 0.0541. The second-order valence-electron chi connectivity index (χ2n) is 7.43. The zero-order valence-electron chi connectivity index (χ0n) is 15.5. The molecule has 2 aromatic carbocycles. The monoisotopic (exact) mass is 361 g/mol. The lowest BCUT2D eigenvalue weighted by Crippen LogP contribution is -2.45. The van der Waals surface area contributed by atoms with E-state index in [1.165, 1.54) is 22.0 Å². The number of hydrogen-bond acceptors (Lipinski definition) is 4. The number of aromatic nitrogens is 2. The van der Waals surface area contributed by atoms with E-state index in [9.17, 15) is 4.79 Å². The van der Waals surface area contributed by atoms with E-state index in [0.717, 1.165) is 43.9 Å². The van der Waals surface area contributed by atoms with Crippen molar-refractivity contribution in [3.8, 4) is 0 Å². The van der Waals surface area contributed by atoms with E-state index in [1.807, 2.05) is 17.9 Å². The number of aryl methyl sites for hydroxylation is 1. The summed E-state index contributed by atoms with van der Waals surface area (Å²) < 4.78 is 1.85. The number of amides is 1. The van der Waals surface area contributed by atoms with Crippen LogP contribution in [0.25, 0.3) is 10.8 Å². The van der Waals surface area contributed by atoms with Gasteiger partial charge in [-0.2, -0.15) is 5.10 Å². The summed E-state index contributed by atoms with van der Waals surface area (Å²) in [4.78, 5) is 17.1. The van der Waals surface area contributed by atoms with Crippen molar-refractivity contribution < 1.29 is 4.79 Å². The number of carbonyl (C=O) groups excluding carboxylic acids is 1. The van der Waals surface area contributed by atoms with Crippen LogP contribution in [0, 0.1) is 0 Å². The lowest BCUT2D eigenvalue weighted by Gasteiger charge is -2.35. The van der Waals surface area contributed by atoms with Crippen molar-refractivity contribution in [2.24, 2.45) is 7.05 Å². The van der Waals surface area contributed by atoms with Crippen LogP contribution >= 0.6 is 0 Å². The number of hydrogen-bond donors (Lipinski definition) is 1. The van der Waals surface area contributed by atoms with Crippen LogP contribution in [0.3, 0.4) is 0 Å². The van der Waals surface area contributed by atoms with Crippen LogP contribution in [-0.4, -0.2) is 46.8 Å². The fourth-order valence-electron chi connectivity index (χ4n) is 4.27. The zero-order valence-corrected chi connectivity index (χ0v) is 15.5. The summed E-state index contributed by atoms with van der Waals surface area (Å²) in [6.07, 6.45) is 4.00. The highest BCUT2D eigenvalue weighted by Crippen LogP contribution is 2.30.